The molecule has 2 aromatic rings. The Bertz CT molecular complexity index is 536. The molecule has 3 rings (SSSR count). The SMILES string of the molecule is NCc1onc2c1CCN(Cc1ccccc1)CC2. The van der Waals surface area contributed by atoms with Crippen molar-refractivity contribution in [1.82, 2.24) is 10.1 Å². The molecule has 0 spiro atoms. The number of benzene rings is 1. The number of hydrogen-bond acceptors (Lipinski definition) is 4. The fraction of sp³-hybridized carbons (Fsp3) is 0.400. The van der Waals surface area contributed by atoms with Crippen LogP contribution in [-0.2, 0) is 25.9 Å². The monoisotopic (exact) mass is 257 g/mol. The molecule has 4 nitrogen and oxygen atoms in total. The van der Waals surface area contributed by atoms with Crippen molar-refractivity contribution in [2.45, 2.75) is 25.9 Å². The average Bonchev–Trinajstić information content (AvgIpc) is 2.75. The molecule has 1 aliphatic heterocycles. The first kappa shape index (κ1) is 12.4. The van der Waals surface area contributed by atoms with E-state index in [4.69, 9.17) is 10.3 Å². The maximum atomic E-state index is 5.68. The highest BCUT2D eigenvalue weighted by atomic mass is 16.5. The van der Waals surface area contributed by atoms with Crippen molar-refractivity contribution >= 4 is 0 Å². The highest BCUT2D eigenvalue weighted by molar-refractivity contribution is 5.25. The van der Waals surface area contributed by atoms with Crippen LogP contribution in [0.3, 0.4) is 0 Å². The van der Waals surface area contributed by atoms with Crippen LogP contribution in [0.15, 0.2) is 34.9 Å². The highest BCUT2D eigenvalue weighted by Crippen LogP contribution is 2.20. The van der Waals surface area contributed by atoms with Crippen LogP contribution in [0.1, 0.15) is 22.6 Å². The van der Waals surface area contributed by atoms with Gasteiger partial charge in [-0.05, 0) is 12.0 Å². The third-order valence-corrected chi connectivity index (χ3v) is 3.73. The van der Waals surface area contributed by atoms with Gasteiger partial charge in [-0.15, -0.1) is 0 Å². The Hall–Kier alpha value is -1.65. The lowest BCUT2D eigenvalue weighted by molar-refractivity contribution is 0.273. The summed E-state index contributed by atoms with van der Waals surface area (Å²) < 4.78 is 5.28. The van der Waals surface area contributed by atoms with Crippen LogP contribution in [0.25, 0.3) is 0 Å². The molecule has 19 heavy (non-hydrogen) atoms. The predicted molar refractivity (Wildman–Crippen MR) is 73.5 cm³/mol. The van der Waals surface area contributed by atoms with E-state index in [1.54, 1.807) is 0 Å². The van der Waals surface area contributed by atoms with Crippen LogP contribution in [-0.4, -0.2) is 23.1 Å². The van der Waals surface area contributed by atoms with Gasteiger partial charge in [-0.25, -0.2) is 0 Å². The topological polar surface area (TPSA) is 55.3 Å². The summed E-state index contributed by atoms with van der Waals surface area (Å²) in [6.07, 6.45) is 1.93. The molecular formula is C15H19N3O. The maximum Gasteiger partial charge on any atom is 0.153 e. The lowest BCUT2D eigenvalue weighted by Gasteiger charge is -2.19. The summed E-state index contributed by atoms with van der Waals surface area (Å²) in [6.45, 7) is 3.51. The number of fused-ring (bicyclic) bond motifs is 1. The Morgan fingerprint density at radius 3 is 2.74 bits per heavy atom. The smallest absolute Gasteiger partial charge is 0.153 e. The molecule has 0 fully saturated rings. The molecule has 0 aliphatic carbocycles. The zero-order chi connectivity index (χ0) is 13.1. The van der Waals surface area contributed by atoms with Crippen molar-refractivity contribution in [2.24, 2.45) is 5.73 Å². The van der Waals surface area contributed by atoms with Gasteiger partial charge in [-0.3, -0.25) is 4.90 Å². The van der Waals surface area contributed by atoms with Crippen molar-refractivity contribution in [3.8, 4) is 0 Å². The molecule has 0 amide bonds. The second kappa shape index (κ2) is 5.55. The third kappa shape index (κ3) is 2.69. The third-order valence-electron chi connectivity index (χ3n) is 3.73. The molecule has 0 unspecified atom stereocenters. The second-order valence-corrected chi connectivity index (χ2v) is 5.00. The van der Waals surface area contributed by atoms with Crippen molar-refractivity contribution in [3.63, 3.8) is 0 Å². The lowest BCUT2D eigenvalue weighted by Crippen LogP contribution is -2.26. The molecule has 0 atom stereocenters. The first-order valence-electron chi connectivity index (χ1n) is 6.79. The van der Waals surface area contributed by atoms with Gasteiger partial charge < -0.3 is 10.3 Å². The van der Waals surface area contributed by atoms with Gasteiger partial charge in [0.05, 0.1) is 12.2 Å². The standard InChI is InChI=1S/C15H19N3O/c16-10-15-13-6-8-18(9-7-14(13)17-19-15)11-12-4-2-1-3-5-12/h1-5H,6-11,16H2. The van der Waals surface area contributed by atoms with Gasteiger partial charge in [-0.2, -0.15) is 0 Å². The summed E-state index contributed by atoms with van der Waals surface area (Å²) in [4.78, 5) is 2.47. The van der Waals surface area contributed by atoms with Crippen molar-refractivity contribution in [1.29, 1.82) is 0 Å². The van der Waals surface area contributed by atoms with Gasteiger partial charge in [0.25, 0.3) is 0 Å². The minimum Gasteiger partial charge on any atom is -0.359 e. The van der Waals surface area contributed by atoms with E-state index in [0.717, 1.165) is 43.9 Å². The quantitative estimate of drug-likeness (QED) is 0.910. The minimum absolute atomic E-state index is 0.445. The molecule has 0 saturated heterocycles. The molecule has 1 aliphatic rings. The zero-order valence-electron chi connectivity index (χ0n) is 11.0. The molecule has 100 valence electrons. The first-order valence-corrected chi connectivity index (χ1v) is 6.79. The molecule has 2 heterocycles. The molecular weight excluding hydrogens is 238 g/mol. The van der Waals surface area contributed by atoms with E-state index in [2.05, 4.69) is 40.4 Å². The minimum atomic E-state index is 0.445. The number of hydrogen-bond donors (Lipinski definition) is 1. The van der Waals surface area contributed by atoms with Crippen LogP contribution < -0.4 is 5.73 Å². The summed E-state index contributed by atoms with van der Waals surface area (Å²) in [6, 6.07) is 10.6. The van der Waals surface area contributed by atoms with Crippen LogP contribution in [0.5, 0.6) is 0 Å². The molecule has 1 aromatic heterocycles. The van der Waals surface area contributed by atoms with E-state index in [1.165, 1.54) is 11.1 Å². The van der Waals surface area contributed by atoms with Crippen LogP contribution in [0.2, 0.25) is 0 Å². The molecule has 0 bridgehead atoms. The van der Waals surface area contributed by atoms with Crippen LogP contribution >= 0.6 is 0 Å². The van der Waals surface area contributed by atoms with E-state index in [0.29, 0.717) is 6.54 Å². The van der Waals surface area contributed by atoms with E-state index < -0.39 is 0 Å². The van der Waals surface area contributed by atoms with Gasteiger partial charge in [0.15, 0.2) is 5.76 Å². The largest absolute Gasteiger partial charge is 0.359 e. The van der Waals surface area contributed by atoms with Crippen molar-refractivity contribution in [2.75, 3.05) is 13.1 Å². The Balaban J connectivity index is 1.68. The fourth-order valence-electron chi connectivity index (χ4n) is 2.67. The Labute approximate surface area is 113 Å². The summed E-state index contributed by atoms with van der Waals surface area (Å²) in [5.74, 6) is 0.858. The number of nitrogens with two attached hydrogens (primary N) is 1. The van der Waals surface area contributed by atoms with Crippen LogP contribution in [0, 0.1) is 0 Å². The van der Waals surface area contributed by atoms with Gasteiger partial charge in [0.2, 0.25) is 0 Å². The molecule has 0 saturated carbocycles. The number of nitrogens with zero attached hydrogens (tertiary/aromatic N) is 2. The summed E-state index contributed by atoms with van der Waals surface area (Å²) in [7, 11) is 0. The summed E-state index contributed by atoms with van der Waals surface area (Å²) >= 11 is 0. The van der Waals surface area contributed by atoms with Gasteiger partial charge >= 0.3 is 0 Å². The normalized spacial score (nSPS) is 16.1. The predicted octanol–water partition coefficient (Wildman–Crippen LogP) is 1.73. The maximum absolute atomic E-state index is 5.68. The number of aromatic nitrogens is 1. The molecule has 1 aromatic carbocycles. The fourth-order valence-corrected chi connectivity index (χ4v) is 2.67. The van der Waals surface area contributed by atoms with E-state index in [1.807, 2.05) is 0 Å². The van der Waals surface area contributed by atoms with E-state index in [9.17, 15) is 0 Å². The van der Waals surface area contributed by atoms with Gasteiger partial charge in [0, 0.05) is 31.6 Å². The molecule has 2 N–H and O–H groups in total. The van der Waals surface area contributed by atoms with Crippen molar-refractivity contribution in [3.05, 3.63) is 52.9 Å². The van der Waals surface area contributed by atoms with Crippen LogP contribution in [0.4, 0.5) is 0 Å². The van der Waals surface area contributed by atoms with Crippen molar-refractivity contribution < 1.29 is 4.52 Å². The average molecular weight is 257 g/mol. The molecule has 4 heteroatoms. The first-order chi connectivity index (χ1) is 9.36. The van der Waals surface area contributed by atoms with E-state index >= 15 is 0 Å². The summed E-state index contributed by atoms with van der Waals surface area (Å²) in [5.41, 5.74) is 9.37. The Morgan fingerprint density at radius 2 is 1.95 bits per heavy atom. The number of rotatable bonds is 3. The second-order valence-electron chi connectivity index (χ2n) is 5.00. The lowest BCUT2D eigenvalue weighted by atomic mass is 10.1. The van der Waals surface area contributed by atoms with Gasteiger partial charge in [-0.1, -0.05) is 35.5 Å². The highest BCUT2D eigenvalue weighted by Gasteiger charge is 2.20. The Kier molecular flexibility index (Phi) is 3.62. The Morgan fingerprint density at radius 1 is 1.16 bits per heavy atom. The van der Waals surface area contributed by atoms with E-state index in [-0.39, 0.29) is 0 Å². The van der Waals surface area contributed by atoms with Gasteiger partial charge in [0.1, 0.15) is 0 Å². The molecule has 0 radical (unpaired) electrons. The zero-order valence-corrected chi connectivity index (χ0v) is 11.0. The summed E-state index contributed by atoms with van der Waals surface area (Å²) in [5, 5.41) is 4.15.